The number of pyridine rings is 1. The summed E-state index contributed by atoms with van der Waals surface area (Å²) in [6, 6.07) is 10.6. The number of ether oxygens (including phenoxy) is 2. The van der Waals surface area contributed by atoms with Gasteiger partial charge in [0.2, 0.25) is 5.91 Å². The first-order valence-corrected chi connectivity index (χ1v) is 7.65. The molecule has 1 fully saturated rings. The van der Waals surface area contributed by atoms with Crippen LogP contribution in [0.15, 0.2) is 42.6 Å². The third-order valence-electron chi connectivity index (χ3n) is 3.88. The van der Waals surface area contributed by atoms with Gasteiger partial charge < -0.3 is 14.8 Å². The molecule has 1 aromatic carbocycles. The molecule has 1 amide bonds. The van der Waals surface area contributed by atoms with Crippen LogP contribution in [-0.4, -0.2) is 31.2 Å². The SMILES string of the molecule is COc1cc(NC(=O)C2CC(c3ccccn3)NN2)cc(OC)c1. The third kappa shape index (κ3) is 3.64. The predicted octanol–water partition coefficient (Wildman–Crippen LogP) is 1.65. The van der Waals surface area contributed by atoms with E-state index >= 15 is 0 Å². The van der Waals surface area contributed by atoms with Gasteiger partial charge in [0.05, 0.1) is 26.0 Å². The summed E-state index contributed by atoms with van der Waals surface area (Å²) in [7, 11) is 3.14. The molecular weight excluding hydrogens is 308 g/mol. The molecular formula is C17H20N4O3. The highest BCUT2D eigenvalue weighted by atomic mass is 16.5. The Balaban J connectivity index is 1.66. The van der Waals surface area contributed by atoms with E-state index in [1.165, 1.54) is 0 Å². The van der Waals surface area contributed by atoms with Gasteiger partial charge in [-0.25, -0.2) is 10.9 Å². The molecule has 2 heterocycles. The maximum Gasteiger partial charge on any atom is 0.242 e. The van der Waals surface area contributed by atoms with Gasteiger partial charge in [-0.15, -0.1) is 0 Å². The second kappa shape index (κ2) is 7.29. The van der Waals surface area contributed by atoms with E-state index < -0.39 is 0 Å². The smallest absolute Gasteiger partial charge is 0.242 e. The molecule has 0 spiro atoms. The number of rotatable bonds is 5. The van der Waals surface area contributed by atoms with Crippen molar-refractivity contribution >= 4 is 11.6 Å². The van der Waals surface area contributed by atoms with Crippen molar-refractivity contribution in [1.82, 2.24) is 15.8 Å². The van der Waals surface area contributed by atoms with E-state index in [9.17, 15) is 4.79 Å². The molecule has 1 saturated heterocycles. The van der Waals surface area contributed by atoms with Crippen molar-refractivity contribution in [2.45, 2.75) is 18.5 Å². The zero-order valence-corrected chi connectivity index (χ0v) is 13.6. The normalized spacial score (nSPS) is 19.8. The second-order valence-corrected chi connectivity index (χ2v) is 5.47. The number of hydrogen-bond acceptors (Lipinski definition) is 6. The predicted molar refractivity (Wildman–Crippen MR) is 89.8 cm³/mol. The number of hydrogen-bond donors (Lipinski definition) is 3. The van der Waals surface area contributed by atoms with Crippen molar-refractivity contribution in [2.75, 3.05) is 19.5 Å². The Kier molecular flexibility index (Phi) is 4.93. The van der Waals surface area contributed by atoms with Crippen molar-refractivity contribution < 1.29 is 14.3 Å². The van der Waals surface area contributed by atoms with Crippen molar-refractivity contribution in [1.29, 1.82) is 0 Å². The third-order valence-corrected chi connectivity index (χ3v) is 3.88. The lowest BCUT2D eigenvalue weighted by atomic mass is 10.1. The highest BCUT2D eigenvalue weighted by molar-refractivity contribution is 5.95. The largest absolute Gasteiger partial charge is 0.497 e. The molecule has 0 radical (unpaired) electrons. The standard InChI is InChI=1S/C17H20N4O3/c1-23-12-7-11(8-13(9-12)24-2)19-17(22)16-10-15(20-21-16)14-5-3-4-6-18-14/h3-9,15-16,20-21H,10H2,1-2H3,(H,19,22). The molecule has 1 aliphatic heterocycles. The maximum absolute atomic E-state index is 12.5. The van der Waals surface area contributed by atoms with Crippen LogP contribution in [0.2, 0.25) is 0 Å². The Morgan fingerprint density at radius 3 is 2.54 bits per heavy atom. The Bertz CT molecular complexity index is 686. The van der Waals surface area contributed by atoms with E-state index in [1.54, 1.807) is 38.6 Å². The number of aromatic nitrogens is 1. The van der Waals surface area contributed by atoms with Gasteiger partial charge in [0, 0.05) is 30.1 Å². The molecule has 2 aromatic rings. The summed E-state index contributed by atoms with van der Waals surface area (Å²) in [6.45, 7) is 0. The molecule has 2 atom stereocenters. The lowest BCUT2D eigenvalue weighted by Crippen LogP contribution is -2.39. The molecule has 0 bridgehead atoms. The first kappa shape index (κ1) is 16.2. The summed E-state index contributed by atoms with van der Waals surface area (Å²) in [5, 5.41) is 2.88. The Morgan fingerprint density at radius 2 is 1.92 bits per heavy atom. The van der Waals surface area contributed by atoms with Crippen molar-refractivity contribution in [3.63, 3.8) is 0 Å². The highest BCUT2D eigenvalue weighted by Gasteiger charge is 2.30. The first-order valence-electron chi connectivity index (χ1n) is 7.65. The van der Waals surface area contributed by atoms with Crippen LogP contribution in [0, 0.1) is 0 Å². The molecule has 0 saturated carbocycles. The van der Waals surface area contributed by atoms with Crippen LogP contribution in [0.5, 0.6) is 11.5 Å². The van der Waals surface area contributed by atoms with Crippen LogP contribution in [0.3, 0.4) is 0 Å². The second-order valence-electron chi connectivity index (χ2n) is 5.47. The Labute approximate surface area is 140 Å². The lowest BCUT2D eigenvalue weighted by molar-refractivity contribution is -0.117. The number of benzene rings is 1. The molecule has 126 valence electrons. The monoisotopic (exact) mass is 328 g/mol. The van der Waals surface area contributed by atoms with Gasteiger partial charge >= 0.3 is 0 Å². The minimum absolute atomic E-state index is 0.00166. The van der Waals surface area contributed by atoms with Gasteiger partial charge in [-0.05, 0) is 18.6 Å². The number of methoxy groups -OCH3 is 2. The maximum atomic E-state index is 12.5. The molecule has 1 aliphatic rings. The van der Waals surface area contributed by atoms with Crippen LogP contribution >= 0.6 is 0 Å². The fourth-order valence-corrected chi connectivity index (χ4v) is 2.61. The van der Waals surface area contributed by atoms with Crippen molar-refractivity contribution in [3.05, 3.63) is 48.3 Å². The quantitative estimate of drug-likeness (QED) is 0.774. The molecule has 1 aromatic heterocycles. The van der Waals surface area contributed by atoms with Crippen molar-refractivity contribution in [3.8, 4) is 11.5 Å². The number of nitrogens with zero attached hydrogens (tertiary/aromatic N) is 1. The topological polar surface area (TPSA) is 84.5 Å². The zero-order chi connectivity index (χ0) is 16.9. The van der Waals surface area contributed by atoms with Gasteiger partial charge in [-0.3, -0.25) is 9.78 Å². The summed E-state index contributed by atoms with van der Waals surface area (Å²) < 4.78 is 10.4. The summed E-state index contributed by atoms with van der Waals surface area (Å²) in [5.74, 6) is 1.11. The van der Waals surface area contributed by atoms with Crippen LogP contribution in [0.25, 0.3) is 0 Å². The summed E-state index contributed by atoms with van der Waals surface area (Å²) in [6.07, 6.45) is 2.36. The summed E-state index contributed by atoms with van der Waals surface area (Å²) in [5.41, 5.74) is 7.66. The van der Waals surface area contributed by atoms with E-state index in [1.807, 2.05) is 18.2 Å². The lowest BCUT2D eigenvalue weighted by Gasteiger charge is -2.13. The minimum atomic E-state index is -0.353. The van der Waals surface area contributed by atoms with Gasteiger partial charge in [0.1, 0.15) is 17.5 Å². The Morgan fingerprint density at radius 1 is 1.17 bits per heavy atom. The van der Waals surface area contributed by atoms with Crippen LogP contribution in [-0.2, 0) is 4.79 Å². The fourth-order valence-electron chi connectivity index (χ4n) is 2.61. The molecule has 0 aliphatic carbocycles. The number of anilines is 1. The molecule has 3 rings (SSSR count). The Hall–Kier alpha value is -2.64. The van der Waals surface area contributed by atoms with Gasteiger partial charge in [-0.1, -0.05) is 6.07 Å². The van der Waals surface area contributed by atoms with Crippen LogP contribution in [0.1, 0.15) is 18.2 Å². The van der Waals surface area contributed by atoms with E-state index in [4.69, 9.17) is 9.47 Å². The number of nitrogens with one attached hydrogen (secondary N) is 3. The summed E-state index contributed by atoms with van der Waals surface area (Å²) in [4.78, 5) is 16.8. The average Bonchev–Trinajstić information content (AvgIpc) is 3.12. The van der Waals surface area contributed by atoms with Crippen molar-refractivity contribution in [2.24, 2.45) is 0 Å². The number of hydrazine groups is 1. The van der Waals surface area contributed by atoms with E-state index in [0.29, 0.717) is 23.6 Å². The number of carbonyl (C=O) groups excluding carboxylic acids is 1. The van der Waals surface area contributed by atoms with E-state index in [0.717, 1.165) is 5.69 Å². The van der Waals surface area contributed by atoms with E-state index in [-0.39, 0.29) is 18.0 Å². The summed E-state index contributed by atoms with van der Waals surface area (Å²) >= 11 is 0. The first-order chi connectivity index (χ1) is 11.7. The zero-order valence-electron chi connectivity index (χ0n) is 13.6. The molecule has 2 unspecified atom stereocenters. The fraction of sp³-hybridized carbons (Fsp3) is 0.294. The number of carbonyl (C=O) groups is 1. The highest BCUT2D eigenvalue weighted by Crippen LogP contribution is 2.27. The molecule has 3 N–H and O–H groups in total. The van der Waals surface area contributed by atoms with Gasteiger partial charge in [0.15, 0.2) is 0 Å². The molecule has 7 heteroatoms. The van der Waals surface area contributed by atoms with E-state index in [2.05, 4.69) is 21.2 Å². The molecule has 24 heavy (non-hydrogen) atoms. The number of amides is 1. The van der Waals surface area contributed by atoms with Gasteiger partial charge in [-0.2, -0.15) is 0 Å². The minimum Gasteiger partial charge on any atom is -0.497 e. The van der Waals surface area contributed by atoms with Gasteiger partial charge in [0.25, 0.3) is 0 Å². The van der Waals surface area contributed by atoms with Crippen LogP contribution < -0.4 is 25.6 Å². The molecule has 7 nitrogen and oxygen atoms in total. The van der Waals surface area contributed by atoms with Crippen LogP contribution in [0.4, 0.5) is 5.69 Å². The average molecular weight is 328 g/mol.